The van der Waals surface area contributed by atoms with Gasteiger partial charge in [0.05, 0.1) is 6.61 Å². The minimum Gasteiger partial charge on any atom is -0.494 e. The summed E-state index contributed by atoms with van der Waals surface area (Å²) in [4.78, 5) is 25.0. The maximum Gasteiger partial charge on any atom is 0.255 e. The van der Waals surface area contributed by atoms with Crippen LogP contribution >= 0.6 is 0 Å². The van der Waals surface area contributed by atoms with E-state index in [1.165, 1.54) is 6.42 Å². The van der Waals surface area contributed by atoms with Crippen molar-refractivity contribution in [3.63, 3.8) is 0 Å². The van der Waals surface area contributed by atoms with Gasteiger partial charge in [0.2, 0.25) is 5.91 Å². The molecule has 1 aliphatic rings. The fourth-order valence-corrected chi connectivity index (χ4v) is 3.52. The average Bonchev–Trinajstić information content (AvgIpc) is 2.75. The highest BCUT2D eigenvalue weighted by Gasteiger charge is 2.21. The van der Waals surface area contributed by atoms with E-state index in [0.29, 0.717) is 23.5 Å². The van der Waals surface area contributed by atoms with Crippen molar-refractivity contribution in [3.05, 3.63) is 54.1 Å². The number of carbonyl (C=O) groups excluding carboxylic acids is 2. The lowest BCUT2D eigenvalue weighted by atomic mass is 9.88. The summed E-state index contributed by atoms with van der Waals surface area (Å²) in [7, 11) is 0. The summed E-state index contributed by atoms with van der Waals surface area (Å²) in [6.07, 6.45) is 7.47. The largest absolute Gasteiger partial charge is 0.494 e. The molecule has 0 unspecified atom stereocenters. The molecule has 0 aliphatic heterocycles. The van der Waals surface area contributed by atoms with Crippen molar-refractivity contribution in [2.24, 2.45) is 5.92 Å². The summed E-state index contributed by atoms with van der Waals surface area (Å²) < 4.78 is 5.63. The monoisotopic (exact) mass is 394 g/mol. The molecule has 1 fully saturated rings. The third-order valence-corrected chi connectivity index (χ3v) is 5.25. The molecule has 0 atom stereocenters. The van der Waals surface area contributed by atoms with E-state index in [0.717, 1.165) is 44.3 Å². The fraction of sp³-hybridized carbons (Fsp3) is 0.417. The van der Waals surface area contributed by atoms with Gasteiger partial charge in [-0.3, -0.25) is 9.59 Å². The van der Waals surface area contributed by atoms with Crippen LogP contribution in [0.1, 0.15) is 62.2 Å². The van der Waals surface area contributed by atoms with Gasteiger partial charge in [0, 0.05) is 22.9 Å². The predicted molar refractivity (Wildman–Crippen MR) is 116 cm³/mol. The van der Waals surface area contributed by atoms with E-state index in [1.807, 2.05) is 30.3 Å². The van der Waals surface area contributed by atoms with Crippen LogP contribution in [0.2, 0.25) is 0 Å². The second-order valence-corrected chi connectivity index (χ2v) is 7.59. The summed E-state index contributed by atoms with van der Waals surface area (Å²) in [6.45, 7) is 2.80. The number of rotatable bonds is 8. The van der Waals surface area contributed by atoms with Crippen LogP contribution in [0.15, 0.2) is 48.5 Å². The molecule has 2 amide bonds. The first-order valence-corrected chi connectivity index (χ1v) is 10.6. The molecule has 5 nitrogen and oxygen atoms in total. The average molecular weight is 395 g/mol. The molecule has 3 rings (SSSR count). The van der Waals surface area contributed by atoms with E-state index in [-0.39, 0.29) is 17.7 Å². The number of carbonyl (C=O) groups is 2. The number of amides is 2. The molecule has 2 aromatic rings. The van der Waals surface area contributed by atoms with Gasteiger partial charge >= 0.3 is 0 Å². The van der Waals surface area contributed by atoms with Crippen molar-refractivity contribution in [1.29, 1.82) is 0 Å². The summed E-state index contributed by atoms with van der Waals surface area (Å²) in [6, 6.07) is 14.4. The van der Waals surface area contributed by atoms with E-state index in [2.05, 4.69) is 17.6 Å². The summed E-state index contributed by atoms with van der Waals surface area (Å²) in [5, 5.41) is 5.88. The number of hydrogen-bond donors (Lipinski definition) is 2. The first-order valence-electron chi connectivity index (χ1n) is 10.6. The Morgan fingerprint density at radius 2 is 1.66 bits per heavy atom. The van der Waals surface area contributed by atoms with E-state index in [1.54, 1.807) is 18.2 Å². The van der Waals surface area contributed by atoms with Crippen molar-refractivity contribution in [2.75, 3.05) is 17.2 Å². The Kier molecular flexibility index (Phi) is 7.68. The lowest BCUT2D eigenvalue weighted by molar-refractivity contribution is -0.120. The first-order chi connectivity index (χ1) is 14.2. The van der Waals surface area contributed by atoms with Gasteiger partial charge in [0.25, 0.3) is 5.91 Å². The molecule has 29 heavy (non-hydrogen) atoms. The number of hydrogen-bond acceptors (Lipinski definition) is 3. The van der Waals surface area contributed by atoms with Crippen molar-refractivity contribution in [3.8, 4) is 5.75 Å². The molecule has 0 saturated heterocycles. The zero-order valence-corrected chi connectivity index (χ0v) is 17.1. The molecule has 0 aromatic heterocycles. The Morgan fingerprint density at radius 3 is 2.34 bits per heavy atom. The SMILES string of the molecule is CCCCOc1ccc(C(=O)Nc2cccc(NC(=O)C3CCCCC3)c2)cc1. The molecule has 0 radical (unpaired) electrons. The van der Waals surface area contributed by atoms with Crippen LogP contribution in [0.4, 0.5) is 11.4 Å². The Hall–Kier alpha value is -2.82. The summed E-state index contributed by atoms with van der Waals surface area (Å²) in [5.74, 6) is 0.746. The topological polar surface area (TPSA) is 67.4 Å². The number of anilines is 2. The highest BCUT2D eigenvalue weighted by molar-refractivity contribution is 6.04. The highest BCUT2D eigenvalue weighted by atomic mass is 16.5. The Bertz CT molecular complexity index is 811. The number of ether oxygens (including phenoxy) is 1. The van der Waals surface area contributed by atoms with Crippen LogP contribution in [0.3, 0.4) is 0 Å². The van der Waals surface area contributed by atoms with Crippen molar-refractivity contribution >= 4 is 23.2 Å². The third kappa shape index (κ3) is 6.34. The van der Waals surface area contributed by atoms with E-state index >= 15 is 0 Å². The van der Waals surface area contributed by atoms with Crippen molar-refractivity contribution in [2.45, 2.75) is 51.9 Å². The van der Waals surface area contributed by atoms with Crippen molar-refractivity contribution < 1.29 is 14.3 Å². The molecule has 154 valence electrons. The van der Waals surface area contributed by atoms with Crippen LogP contribution in [0.25, 0.3) is 0 Å². The van der Waals surface area contributed by atoms with Crippen LogP contribution in [-0.2, 0) is 4.79 Å². The second-order valence-electron chi connectivity index (χ2n) is 7.59. The van der Waals surface area contributed by atoms with Gasteiger partial charge in [-0.05, 0) is 61.7 Å². The number of unbranched alkanes of at least 4 members (excludes halogenated alkanes) is 1. The minimum atomic E-state index is -0.194. The molecular formula is C24H30N2O3. The lowest BCUT2D eigenvalue weighted by Gasteiger charge is -2.20. The molecular weight excluding hydrogens is 364 g/mol. The number of benzene rings is 2. The molecule has 1 saturated carbocycles. The predicted octanol–water partition coefficient (Wildman–Crippen LogP) is 5.64. The van der Waals surface area contributed by atoms with Gasteiger partial charge in [-0.2, -0.15) is 0 Å². The maximum absolute atomic E-state index is 12.5. The molecule has 2 aromatic carbocycles. The molecule has 0 heterocycles. The van der Waals surface area contributed by atoms with Gasteiger partial charge in [0.15, 0.2) is 0 Å². The quantitative estimate of drug-likeness (QED) is 0.570. The second kappa shape index (κ2) is 10.6. The fourth-order valence-electron chi connectivity index (χ4n) is 3.52. The van der Waals surface area contributed by atoms with E-state index < -0.39 is 0 Å². The van der Waals surface area contributed by atoms with Crippen LogP contribution in [0.5, 0.6) is 5.75 Å². The zero-order chi connectivity index (χ0) is 20.5. The Balaban J connectivity index is 1.56. The standard InChI is InChI=1S/C24H30N2O3/c1-2-3-16-29-22-14-12-19(13-15-22)24(28)26-21-11-7-10-20(17-21)25-23(27)18-8-5-4-6-9-18/h7,10-15,17-18H,2-6,8-9,16H2,1H3,(H,25,27)(H,26,28). The van der Waals surface area contributed by atoms with Crippen molar-refractivity contribution in [1.82, 2.24) is 0 Å². The minimum absolute atomic E-state index is 0.0758. The Labute approximate surface area is 172 Å². The van der Waals surface area contributed by atoms with Gasteiger partial charge in [-0.15, -0.1) is 0 Å². The zero-order valence-electron chi connectivity index (χ0n) is 17.1. The maximum atomic E-state index is 12.5. The Morgan fingerprint density at radius 1 is 0.966 bits per heavy atom. The molecule has 2 N–H and O–H groups in total. The van der Waals surface area contributed by atoms with E-state index in [4.69, 9.17) is 4.74 Å². The van der Waals surface area contributed by atoms with Crippen LogP contribution in [-0.4, -0.2) is 18.4 Å². The van der Waals surface area contributed by atoms with Gasteiger partial charge in [-0.1, -0.05) is 38.7 Å². The molecule has 0 bridgehead atoms. The summed E-state index contributed by atoms with van der Waals surface area (Å²) >= 11 is 0. The van der Waals surface area contributed by atoms with E-state index in [9.17, 15) is 9.59 Å². The summed E-state index contributed by atoms with van der Waals surface area (Å²) in [5.41, 5.74) is 1.92. The third-order valence-electron chi connectivity index (χ3n) is 5.25. The molecule has 1 aliphatic carbocycles. The number of nitrogens with one attached hydrogen (secondary N) is 2. The smallest absolute Gasteiger partial charge is 0.255 e. The van der Waals surface area contributed by atoms with Crippen LogP contribution < -0.4 is 15.4 Å². The lowest BCUT2D eigenvalue weighted by Crippen LogP contribution is -2.24. The molecule has 5 heteroatoms. The normalized spacial score (nSPS) is 14.2. The molecule has 0 spiro atoms. The van der Waals surface area contributed by atoms with Crippen LogP contribution in [0, 0.1) is 5.92 Å². The highest BCUT2D eigenvalue weighted by Crippen LogP contribution is 2.25. The first kappa shape index (κ1) is 20.9. The van der Waals surface area contributed by atoms with Gasteiger partial charge < -0.3 is 15.4 Å². The van der Waals surface area contributed by atoms with Gasteiger partial charge in [-0.25, -0.2) is 0 Å². The van der Waals surface area contributed by atoms with Gasteiger partial charge in [0.1, 0.15) is 5.75 Å².